The maximum absolute atomic E-state index is 9.55. The lowest BCUT2D eigenvalue weighted by atomic mass is 9.94. The van der Waals surface area contributed by atoms with Crippen molar-refractivity contribution in [2.24, 2.45) is 0 Å². The maximum Gasteiger partial charge on any atom is 0.328 e. The summed E-state index contributed by atoms with van der Waals surface area (Å²) in [5, 5.41) is 16.9. The van der Waals surface area contributed by atoms with Gasteiger partial charge in [-0.15, -0.1) is 0 Å². The van der Waals surface area contributed by atoms with Gasteiger partial charge < -0.3 is 16.4 Å². The molecule has 5 nitrogen and oxygen atoms in total. The molecule has 0 amide bonds. The van der Waals surface area contributed by atoms with Crippen molar-refractivity contribution in [2.45, 2.75) is 19.3 Å². The summed E-state index contributed by atoms with van der Waals surface area (Å²) in [5.74, 6) is -2.08. The molecule has 0 saturated heterocycles. The first-order chi connectivity index (χ1) is 11.8. The van der Waals surface area contributed by atoms with Gasteiger partial charge in [0.05, 0.1) is 10.0 Å². The normalized spacial score (nSPS) is 11.0. The minimum atomic E-state index is -1.26. The Morgan fingerprint density at radius 3 is 1.96 bits per heavy atom. The molecule has 0 aliphatic heterocycles. The van der Waals surface area contributed by atoms with Crippen molar-refractivity contribution in [1.29, 1.82) is 0 Å². The van der Waals surface area contributed by atoms with Gasteiger partial charge in [0.15, 0.2) is 0 Å². The average Bonchev–Trinajstić information content (AvgIpc) is 2.57. The van der Waals surface area contributed by atoms with Gasteiger partial charge in [-0.1, -0.05) is 66.5 Å². The fourth-order valence-electron chi connectivity index (χ4n) is 2.05. The zero-order chi connectivity index (χ0) is 18.8. The highest BCUT2D eigenvalue weighted by atomic mass is 35.5. The van der Waals surface area contributed by atoms with Crippen LogP contribution in [0.25, 0.3) is 0 Å². The molecule has 140 valence electrons. The Labute approximate surface area is 162 Å². The Hall–Kier alpha value is -2.34. The van der Waals surface area contributed by atoms with E-state index in [1.165, 1.54) is 11.1 Å². The molecule has 0 heterocycles. The maximum atomic E-state index is 9.55. The molecule has 1 unspecified atom stereocenters. The number of carboxylic acid groups (broad SMARTS) is 2. The Balaban J connectivity index is 0.000000597. The predicted molar refractivity (Wildman–Crippen MR) is 104 cm³/mol. The van der Waals surface area contributed by atoms with Crippen LogP contribution in [-0.2, 0) is 16.0 Å². The molecule has 0 spiro atoms. The second kappa shape index (κ2) is 12.1. The molecule has 0 aliphatic rings. The third kappa shape index (κ3) is 9.22. The Morgan fingerprint density at radius 1 is 0.962 bits per heavy atom. The van der Waals surface area contributed by atoms with Crippen LogP contribution >= 0.6 is 23.2 Å². The summed E-state index contributed by atoms with van der Waals surface area (Å²) in [5.41, 5.74) is 2.56. The first-order valence-electron chi connectivity index (χ1n) is 7.42. The van der Waals surface area contributed by atoms with Crippen molar-refractivity contribution in [3.63, 3.8) is 0 Å². The van der Waals surface area contributed by atoms with E-state index >= 15 is 0 Å². The smallest absolute Gasteiger partial charge is 0.328 e. The third-order valence-corrected chi connectivity index (χ3v) is 4.00. The van der Waals surface area contributed by atoms with Crippen molar-refractivity contribution in [3.05, 3.63) is 81.9 Å². The molecular weight excluding hydrogens is 377 g/mol. The van der Waals surface area contributed by atoms with Crippen LogP contribution in [0, 0.1) is 0 Å². The molecule has 26 heavy (non-hydrogen) atoms. The number of carboxylic acids is 2. The van der Waals surface area contributed by atoms with E-state index in [0.29, 0.717) is 28.1 Å². The monoisotopic (exact) mass is 397 g/mol. The fraction of sp³-hybridized carbons (Fsp3) is 0.158. The van der Waals surface area contributed by atoms with Crippen LogP contribution in [-0.4, -0.2) is 22.2 Å². The van der Waals surface area contributed by atoms with Gasteiger partial charge in [0.1, 0.15) is 0 Å². The number of benzene rings is 2. The van der Waals surface area contributed by atoms with Crippen molar-refractivity contribution in [2.75, 3.05) is 0 Å². The molecule has 1 atom stereocenters. The Kier molecular flexibility index (Phi) is 11.0. The van der Waals surface area contributed by atoms with Crippen LogP contribution in [0.15, 0.2) is 60.7 Å². The summed E-state index contributed by atoms with van der Waals surface area (Å²) in [6, 6.07) is 16.3. The fourth-order valence-corrected chi connectivity index (χ4v) is 2.35. The van der Waals surface area contributed by atoms with Gasteiger partial charge in [0, 0.05) is 12.2 Å². The molecule has 2 rings (SSSR count). The van der Waals surface area contributed by atoms with Crippen LogP contribution in [0.5, 0.6) is 0 Å². The van der Waals surface area contributed by atoms with Gasteiger partial charge in [0.25, 0.3) is 0 Å². The summed E-state index contributed by atoms with van der Waals surface area (Å²) in [7, 11) is 0. The van der Waals surface area contributed by atoms with Crippen LogP contribution < -0.4 is 6.15 Å². The molecule has 0 aliphatic carbocycles. The van der Waals surface area contributed by atoms with E-state index in [9.17, 15) is 9.59 Å². The molecule has 2 aromatic rings. The van der Waals surface area contributed by atoms with Crippen LogP contribution in [0.3, 0.4) is 0 Å². The van der Waals surface area contributed by atoms with Crippen LogP contribution in [0.4, 0.5) is 0 Å². The van der Waals surface area contributed by atoms with Crippen LogP contribution in [0.1, 0.15) is 24.0 Å². The second-order valence-electron chi connectivity index (χ2n) is 5.27. The number of aliphatic carboxylic acids is 2. The highest BCUT2D eigenvalue weighted by Crippen LogP contribution is 2.28. The summed E-state index contributed by atoms with van der Waals surface area (Å²) in [4.78, 5) is 19.1. The summed E-state index contributed by atoms with van der Waals surface area (Å²) in [6.07, 6.45) is 2.13. The quantitative estimate of drug-likeness (QED) is 0.599. The van der Waals surface area contributed by atoms with Gasteiger partial charge in [0.2, 0.25) is 0 Å². The van der Waals surface area contributed by atoms with E-state index in [1.54, 1.807) is 0 Å². The molecule has 0 bridgehead atoms. The zero-order valence-electron chi connectivity index (χ0n) is 14.2. The van der Waals surface area contributed by atoms with Crippen molar-refractivity contribution in [1.82, 2.24) is 6.15 Å². The van der Waals surface area contributed by atoms with Gasteiger partial charge in [-0.25, -0.2) is 9.59 Å². The van der Waals surface area contributed by atoms with E-state index in [4.69, 9.17) is 33.4 Å². The molecule has 0 radical (unpaired) electrons. The number of carbonyl (C=O) groups is 2. The Morgan fingerprint density at radius 2 is 1.50 bits per heavy atom. The minimum Gasteiger partial charge on any atom is -0.478 e. The predicted octanol–water partition coefficient (Wildman–Crippen LogP) is 5.21. The topological polar surface area (TPSA) is 110 Å². The highest BCUT2D eigenvalue weighted by Gasteiger charge is 2.08. The molecule has 5 N–H and O–H groups in total. The van der Waals surface area contributed by atoms with Crippen LogP contribution in [0.2, 0.25) is 10.0 Å². The van der Waals surface area contributed by atoms with E-state index in [0.717, 1.165) is 6.42 Å². The first-order valence-corrected chi connectivity index (χ1v) is 8.18. The number of rotatable bonds is 5. The lowest BCUT2D eigenvalue weighted by molar-refractivity contribution is -0.134. The highest BCUT2D eigenvalue weighted by molar-refractivity contribution is 6.42. The minimum absolute atomic E-state index is 0. The largest absolute Gasteiger partial charge is 0.478 e. The van der Waals surface area contributed by atoms with Gasteiger partial charge in [-0.2, -0.15) is 0 Å². The lowest BCUT2D eigenvalue weighted by Gasteiger charge is -2.12. The average molecular weight is 398 g/mol. The number of hydrogen-bond acceptors (Lipinski definition) is 3. The van der Waals surface area contributed by atoms with Gasteiger partial charge in [-0.3, -0.25) is 0 Å². The Bertz CT molecular complexity index is 732. The van der Waals surface area contributed by atoms with Crippen molar-refractivity contribution >= 4 is 35.1 Å². The second-order valence-corrected chi connectivity index (χ2v) is 6.09. The molecular formula is C19H21Cl2NO4. The van der Waals surface area contributed by atoms with E-state index in [2.05, 4.69) is 31.2 Å². The summed E-state index contributed by atoms with van der Waals surface area (Å²) in [6.45, 7) is 2.20. The molecule has 7 heteroatoms. The van der Waals surface area contributed by atoms with Gasteiger partial charge in [-0.05, 0) is 35.6 Å². The van der Waals surface area contributed by atoms with Gasteiger partial charge >= 0.3 is 11.9 Å². The zero-order valence-corrected chi connectivity index (χ0v) is 15.7. The number of hydrogen-bond donors (Lipinski definition) is 3. The third-order valence-electron chi connectivity index (χ3n) is 3.27. The van der Waals surface area contributed by atoms with Crippen molar-refractivity contribution < 1.29 is 19.8 Å². The molecule has 0 saturated carbocycles. The SMILES string of the molecule is CC(Cc1ccccc1)c1ccc(Cl)c(Cl)c1.N.O=C(O)C=CC(=O)O. The van der Waals surface area contributed by atoms with E-state index in [1.807, 2.05) is 24.3 Å². The molecule has 0 fully saturated rings. The summed E-state index contributed by atoms with van der Waals surface area (Å²) < 4.78 is 0. The van der Waals surface area contributed by atoms with E-state index in [-0.39, 0.29) is 6.15 Å². The number of halogens is 2. The molecule has 2 aromatic carbocycles. The van der Waals surface area contributed by atoms with Crippen molar-refractivity contribution in [3.8, 4) is 0 Å². The summed E-state index contributed by atoms with van der Waals surface area (Å²) >= 11 is 11.9. The first kappa shape index (κ1) is 23.7. The standard InChI is InChI=1S/C15H14Cl2.C4H4O4.H3N/c1-11(9-12-5-3-2-4-6-12)13-7-8-14(16)15(17)10-13;5-3(6)1-2-4(7)8;/h2-8,10-11H,9H2,1H3;1-2H,(H,5,6)(H,7,8);1H3. The van der Waals surface area contributed by atoms with E-state index < -0.39 is 11.9 Å². The molecule has 0 aromatic heterocycles. The lowest BCUT2D eigenvalue weighted by Crippen LogP contribution is -1.98.